The maximum absolute atomic E-state index is 11.8. The molecule has 0 aliphatic carbocycles. The van der Waals surface area contributed by atoms with Crippen LogP contribution < -0.4 is 10.2 Å². The van der Waals surface area contributed by atoms with Crippen LogP contribution in [0.3, 0.4) is 0 Å². The Kier molecular flexibility index (Phi) is 3.82. The lowest BCUT2D eigenvalue weighted by Gasteiger charge is -2.18. The van der Waals surface area contributed by atoms with Crippen molar-refractivity contribution in [2.45, 2.75) is 11.7 Å². The second kappa shape index (κ2) is 5.20. The Morgan fingerprint density at radius 1 is 1.56 bits per heavy atom. The van der Waals surface area contributed by atoms with Crippen LogP contribution in [-0.2, 0) is 4.79 Å². The normalized spacial score (nSPS) is 19.2. The molecule has 1 saturated heterocycles. The molecule has 1 fully saturated rings. The van der Waals surface area contributed by atoms with E-state index in [9.17, 15) is 9.59 Å². The Hall–Kier alpha value is -1.20. The van der Waals surface area contributed by atoms with Crippen LogP contribution in [0.1, 0.15) is 16.8 Å². The van der Waals surface area contributed by atoms with E-state index in [1.165, 1.54) is 0 Å². The fraction of sp³-hybridized carbons (Fsp3) is 0.333. The van der Waals surface area contributed by atoms with Crippen molar-refractivity contribution in [2.24, 2.45) is 0 Å². The highest BCUT2D eigenvalue weighted by Crippen LogP contribution is 2.31. The van der Waals surface area contributed by atoms with Gasteiger partial charge in [0.1, 0.15) is 0 Å². The molecule has 1 aliphatic rings. The summed E-state index contributed by atoms with van der Waals surface area (Å²) >= 11 is 10.4. The topological polar surface area (TPSA) is 49.4 Å². The van der Waals surface area contributed by atoms with E-state index < -0.39 is 0 Å². The van der Waals surface area contributed by atoms with E-state index in [0.717, 1.165) is 0 Å². The predicted molar refractivity (Wildman–Crippen MR) is 74.6 cm³/mol. The molecule has 2 amide bonds. The van der Waals surface area contributed by atoms with E-state index in [1.807, 2.05) is 0 Å². The van der Waals surface area contributed by atoms with Crippen LogP contribution in [0.5, 0.6) is 0 Å². The number of thiol groups is 1. The van der Waals surface area contributed by atoms with E-state index in [4.69, 9.17) is 11.6 Å². The van der Waals surface area contributed by atoms with E-state index in [-0.39, 0.29) is 17.1 Å². The molecule has 4 nitrogen and oxygen atoms in total. The number of carbonyl (C=O) groups is 2. The summed E-state index contributed by atoms with van der Waals surface area (Å²) in [4.78, 5) is 24.9. The van der Waals surface area contributed by atoms with Gasteiger partial charge in [-0.3, -0.25) is 9.59 Å². The summed E-state index contributed by atoms with van der Waals surface area (Å²) < 4.78 is 0. The highest BCUT2D eigenvalue weighted by molar-refractivity contribution is 7.81. The van der Waals surface area contributed by atoms with Crippen molar-refractivity contribution in [3.63, 3.8) is 0 Å². The largest absolute Gasteiger partial charge is 0.355 e. The number of carbonyl (C=O) groups excluding carboxylic acids is 2. The van der Waals surface area contributed by atoms with E-state index in [0.29, 0.717) is 29.2 Å². The first kappa shape index (κ1) is 13.2. The zero-order valence-corrected chi connectivity index (χ0v) is 11.5. The fourth-order valence-corrected chi connectivity index (χ4v) is 2.47. The van der Waals surface area contributed by atoms with Crippen molar-refractivity contribution in [3.8, 4) is 0 Å². The minimum Gasteiger partial charge on any atom is -0.355 e. The molecule has 1 heterocycles. The quantitative estimate of drug-likeness (QED) is 0.813. The lowest BCUT2D eigenvalue weighted by Crippen LogP contribution is -2.26. The Labute approximate surface area is 116 Å². The number of rotatable bonds is 2. The van der Waals surface area contributed by atoms with E-state index >= 15 is 0 Å². The molecule has 18 heavy (non-hydrogen) atoms. The third kappa shape index (κ3) is 2.47. The highest BCUT2D eigenvalue weighted by Gasteiger charge is 2.29. The number of amides is 2. The van der Waals surface area contributed by atoms with Crippen LogP contribution in [0.2, 0.25) is 5.02 Å². The van der Waals surface area contributed by atoms with Gasteiger partial charge in [0.25, 0.3) is 5.91 Å². The van der Waals surface area contributed by atoms with Gasteiger partial charge in [-0.2, -0.15) is 12.6 Å². The van der Waals surface area contributed by atoms with Crippen LogP contribution in [0.25, 0.3) is 0 Å². The second-order valence-electron chi connectivity index (χ2n) is 4.11. The molecule has 1 unspecified atom stereocenters. The van der Waals surface area contributed by atoms with Crippen LogP contribution in [-0.4, -0.2) is 30.7 Å². The number of anilines is 1. The van der Waals surface area contributed by atoms with Gasteiger partial charge in [0, 0.05) is 30.8 Å². The predicted octanol–water partition coefficient (Wildman–Crippen LogP) is 1.73. The van der Waals surface area contributed by atoms with Gasteiger partial charge in [0.15, 0.2) is 0 Å². The number of hydrogen-bond donors (Lipinski definition) is 2. The van der Waals surface area contributed by atoms with Crippen LogP contribution in [0.4, 0.5) is 5.69 Å². The highest BCUT2D eigenvalue weighted by atomic mass is 35.5. The summed E-state index contributed by atoms with van der Waals surface area (Å²) in [6, 6.07) is 4.88. The monoisotopic (exact) mass is 284 g/mol. The Bertz CT molecular complexity index is 507. The van der Waals surface area contributed by atoms with Gasteiger partial charge < -0.3 is 10.2 Å². The van der Waals surface area contributed by atoms with Gasteiger partial charge in [-0.1, -0.05) is 11.6 Å². The zero-order chi connectivity index (χ0) is 13.3. The van der Waals surface area contributed by atoms with Gasteiger partial charge in [-0.05, 0) is 18.2 Å². The van der Waals surface area contributed by atoms with Gasteiger partial charge >= 0.3 is 0 Å². The molecule has 1 atom stereocenters. The smallest absolute Gasteiger partial charge is 0.251 e. The molecule has 0 saturated carbocycles. The van der Waals surface area contributed by atoms with E-state index in [2.05, 4.69) is 17.9 Å². The first-order chi connectivity index (χ1) is 8.52. The van der Waals surface area contributed by atoms with Gasteiger partial charge in [-0.25, -0.2) is 0 Å². The third-order valence-corrected chi connectivity index (χ3v) is 3.50. The summed E-state index contributed by atoms with van der Waals surface area (Å²) in [7, 11) is 1.56. The molecule has 1 aromatic carbocycles. The molecule has 1 aliphatic heterocycles. The molecule has 0 spiro atoms. The van der Waals surface area contributed by atoms with Crippen molar-refractivity contribution in [2.75, 3.05) is 18.5 Å². The number of halogens is 1. The fourth-order valence-electron chi connectivity index (χ4n) is 1.93. The van der Waals surface area contributed by atoms with Crippen molar-refractivity contribution < 1.29 is 9.59 Å². The molecule has 1 N–H and O–H groups in total. The molecule has 0 bridgehead atoms. The van der Waals surface area contributed by atoms with Crippen molar-refractivity contribution >= 4 is 41.7 Å². The molecule has 0 aromatic heterocycles. The average molecular weight is 285 g/mol. The van der Waals surface area contributed by atoms with Gasteiger partial charge in [0.2, 0.25) is 5.91 Å². The first-order valence-electron chi connectivity index (χ1n) is 5.53. The Morgan fingerprint density at radius 2 is 2.28 bits per heavy atom. The minimum absolute atomic E-state index is 0.0113. The molecular weight excluding hydrogens is 272 g/mol. The minimum atomic E-state index is -0.206. The molecule has 1 aromatic rings. The lowest BCUT2D eigenvalue weighted by atomic mass is 10.1. The van der Waals surface area contributed by atoms with Crippen molar-refractivity contribution in [3.05, 3.63) is 28.8 Å². The standard InChI is InChI=1S/C12H13ClN2O2S/c1-14-12(17)7-2-3-9(13)10(4-7)15-6-8(18)5-11(15)16/h2-4,8,18H,5-6H2,1H3,(H,14,17). The third-order valence-electron chi connectivity index (χ3n) is 2.83. The summed E-state index contributed by atoms with van der Waals surface area (Å²) in [6.45, 7) is 0.513. The lowest BCUT2D eigenvalue weighted by molar-refractivity contribution is -0.117. The number of nitrogens with zero attached hydrogens (tertiary/aromatic N) is 1. The SMILES string of the molecule is CNC(=O)c1ccc(Cl)c(N2CC(S)CC2=O)c1. The van der Waals surface area contributed by atoms with Crippen LogP contribution in [0, 0.1) is 0 Å². The molecular formula is C12H13ClN2O2S. The van der Waals surface area contributed by atoms with E-state index in [1.54, 1.807) is 30.1 Å². The molecule has 0 radical (unpaired) electrons. The molecule has 96 valence electrons. The van der Waals surface area contributed by atoms with Gasteiger partial charge in [-0.15, -0.1) is 0 Å². The maximum Gasteiger partial charge on any atom is 0.251 e. The average Bonchev–Trinajstić information content (AvgIpc) is 2.68. The van der Waals surface area contributed by atoms with Gasteiger partial charge in [0.05, 0.1) is 10.7 Å². The van der Waals surface area contributed by atoms with Crippen LogP contribution in [0.15, 0.2) is 18.2 Å². The Morgan fingerprint density at radius 3 is 2.83 bits per heavy atom. The second-order valence-corrected chi connectivity index (χ2v) is 5.25. The van der Waals surface area contributed by atoms with Crippen molar-refractivity contribution in [1.82, 2.24) is 5.32 Å². The summed E-state index contributed by atoms with van der Waals surface area (Å²) in [5.74, 6) is -0.229. The summed E-state index contributed by atoms with van der Waals surface area (Å²) in [6.07, 6.45) is 0.393. The summed E-state index contributed by atoms with van der Waals surface area (Å²) in [5, 5.41) is 3.01. The van der Waals surface area contributed by atoms with Crippen molar-refractivity contribution in [1.29, 1.82) is 0 Å². The molecule has 2 rings (SSSR count). The zero-order valence-electron chi connectivity index (χ0n) is 9.81. The molecule has 6 heteroatoms. The maximum atomic E-state index is 11.8. The number of nitrogens with one attached hydrogen (secondary N) is 1. The Balaban J connectivity index is 2.38. The number of benzene rings is 1. The number of hydrogen-bond acceptors (Lipinski definition) is 3. The summed E-state index contributed by atoms with van der Waals surface area (Å²) in [5.41, 5.74) is 1.05. The van der Waals surface area contributed by atoms with Crippen LogP contribution >= 0.6 is 24.2 Å². The first-order valence-corrected chi connectivity index (χ1v) is 6.42.